The minimum Gasteiger partial charge on any atom is -0.497 e. The molecular formula is C30H31N3O3. The molecule has 2 atom stereocenters. The highest BCUT2D eigenvalue weighted by Crippen LogP contribution is 2.28. The molecule has 0 spiro atoms. The van der Waals surface area contributed by atoms with E-state index in [2.05, 4.69) is 41.4 Å². The average molecular weight is 482 g/mol. The summed E-state index contributed by atoms with van der Waals surface area (Å²) in [5.74, 6) is 0.673. The Balaban J connectivity index is 1.48. The summed E-state index contributed by atoms with van der Waals surface area (Å²) >= 11 is 0. The number of nitrogens with one attached hydrogen (secondary N) is 1. The van der Waals surface area contributed by atoms with E-state index in [-0.39, 0.29) is 18.0 Å². The van der Waals surface area contributed by atoms with Crippen molar-refractivity contribution >= 4 is 16.8 Å². The molecule has 0 bridgehead atoms. The zero-order chi connectivity index (χ0) is 24.9. The van der Waals surface area contributed by atoms with Gasteiger partial charge in [0.25, 0.3) is 5.91 Å². The first-order valence-electron chi connectivity index (χ1n) is 12.4. The van der Waals surface area contributed by atoms with Crippen LogP contribution in [0.2, 0.25) is 0 Å². The number of para-hydroxylation sites is 1. The molecule has 6 heteroatoms. The Morgan fingerprint density at radius 2 is 1.67 bits per heavy atom. The van der Waals surface area contributed by atoms with Gasteiger partial charge in [-0.3, -0.25) is 9.69 Å². The van der Waals surface area contributed by atoms with Gasteiger partial charge in [0.1, 0.15) is 5.75 Å². The summed E-state index contributed by atoms with van der Waals surface area (Å²) in [4.78, 5) is 21.0. The summed E-state index contributed by atoms with van der Waals surface area (Å²) in [6.07, 6.45) is 0. The quantitative estimate of drug-likeness (QED) is 0.398. The maximum Gasteiger partial charge on any atom is 0.252 e. The largest absolute Gasteiger partial charge is 0.497 e. The molecule has 5 rings (SSSR count). The van der Waals surface area contributed by atoms with Crippen LogP contribution in [-0.2, 0) is 4.74 Å². The molecule has 0 radical (unpaired) electrons. The number of amides is 1. The van der Waals surface area contributed by atoms with E-state index in [0.717, 1.165) is 41.0 Å². The van der Waals surface area contributed by atoms with Gasteiger partial charge in [-0.1, -0.05) is 48.5 Å². The second kappa shape index (κ2) is 10.9. The van der Waals surface area contributed by atoms with Gasteiger partial charge in [-0.15, -0.1) is 0 Å². The summed E-state index contributed by atoms with van der Waals surface area (Å²) in [7, 11) is 1.65. The number of ether oxygens (including phenoxy) is 2. The molecule has 36 heavy (non-hydrogen) atoms. The lowest BCUT2D eigenvalue weighted by atomic mass is 9.97. The molecule has 184 valence electrons. The van der Waals surface area contributed by atoms with Gasteiger partial charge < -0.3 is 14.8 Å². The molecule has 1 N–H and O–H groups in total. The second-order valence-corrected chi connectivity index (χ2v) is 9.07. The summed E-state index contributed by atoms with van der Waals surface area (Å²) in [5.41, 5.74) is 4.27. The topological polar surface area (TPSA) is 63.7 Å². The molecule has 0 unspecified atom stereocenters. The van der Waals surface area contributed by atoms with Gasteiger partial charge in [-0.05, 0) is 48.9 Å². The monoisotopic (exact) mass is 481 g/mol. The van der Waals surface area contributed by atoms with Crippen molar-refractivity contribution in [3.63, 3.8) is 0 Å². The number of benzene rings is 3. The Morgan fingerprint density at radius 1 is 0.972 bits per heavy atom. The lowest BCUT2D eigenvalue weighted by Crippen LogP contribution is -2.48. The standard InChI is InChI=1S/C30H31N3O3/c1-21(29(23-8-4-3-5-9-23)33-16-18-36-19-17-33)31-30(34)26-20-28(22-12-14-24(35-2)15-13-22)32-27-11-7-6-10-25(26)27/h3-15,20-21,29H,16-19H2,1-2H3,(H,31,34)/t21-,29+/m1/s1. The van der Waals surface area contributed by atoms with E-state index in [9.17, 15) is 4.79 Å². The van der Waals surface area contributed by atoms with Crippen molar-refractivity contribution in [1.82, 2.24) is 15.2 Å². The average Bonchev–Trinajstić information content (AvgIpc) is 2.93. The lowest BCUT2D eigenvalue weighted by molar-refractivity contribution is 0.00889. The maximum absolute atomic E-state index is 13.8. The van der Waals surface area contributed by atoms with Gasteiger partial charge in [-0.2, -0.15) is 0 Å². The fourth-order valence-corrected chi connectivity index (χ4v) is 4.96. The van der Waals surface area contributed by atoms with E-state index in [1.165, 1.54) is 5.56 Å². The van der Waals surface area contributed by atoms with Crippen molar-refractivity contribution in [3.05, 3.63) is 96.1 Å². The summed E-state index contributed by atoms with van der Waals surface area (Å²) in [5, 5.41) is 4.15. The van der Waals surface area contributed by atoms with Gasteiger partial charge in [0.05, 0.1) is 43.1 Å². The van der Waals surface area contributed by atoms with Crippen molar-refractivity contribution in [2.75, 3.05) is 33.4 Å². The first kappa shape index (κ1) is 24.0. The molecule has 1 saturated heterocycles. The Labute approximate surface area is 211 Å². The predicted molar refractivity (Wildman–Crippen MR) is 142 cm³/mol. The van der Waals surface area contributed by atoms with E-state index >= 15 is 0 Å². The highest BCUT2D eigenvalue weighted by Gasteiger charge is 2.29. The zero-order valence-electron chi connectivity index (χ0n) is 20.7. The molecule has 1 aliphatic heterocycles. The van der Waals surface area contributed by atoms with Gasteiger partial charge in [0, 0.05) is 30.1 Å². The van der Waals surface area contributed by atoms with Crippen LogP contribution in [0.1, 0.15) is 28.9 Å². The number of methoxy groups -OCH3 is 1. The molecule has 1 aromatic heterocycles. The van der Waals surface area contributed by atoms with Crippen LogP contribution in [0, 0.1) is 0 Å². The number of hydrogen-bond donors (Lipinski definition) is 1. The zero-order valence-corrected chi connectivity index (χ0v) is 20.7. The maximum atomic E-state index is 13.8. The van der Waals surface area contributed by atoms with Crippen molar-refractivity contribution in [2.45, 2.75) is 19.0 Å². The Hall–Kier alpha value is -3.74. The van der Waals surface area contributed by atoms with Crippen molar-refractivity contribution in [2.24, 2.45) is 0 Å². The van der Waals surface area contributed by atoms with E-state index in [1.807, 2.05) is 60.7 Å². The number of hydrogen-bond acceptors (Lipinski definition) is 5. The number of carbonyl (C=O) groups is 1. The van der Waals surface area contributed by atoms with Gasteiger partial charge in [0.15, 0.2) is 0 Å². The molecule has 6 nitrogen and oxygen atoms in total. The molecule has 1 fully saturated rings. The number of aromatic nitrogens is 1. The summed E-state index contributed by atoms with van der Waals surface area (Å²) < 4.78 is 10.9. The molecular weight excluding hydrogens is 450 g/mol. The van der Waals surface area contributed by atoms with Crippen molar-refractivity contribution < 1.29 is 14.3 Å². The highest BCUT2D eigenvalue weighted by molar-refractivity contribution is 6.07. The van der Waals surface area contributed by atoms with Crippen LogP contribution in [0.5, 0.6) is 5.75 Å². The molecule has 3 aromatic carbocycles. The minimum absolute atomic E-state index is 0.0493. The number of carbonyl (C=O) groups excluding carboxylic acids is 1. The van der Waals surface area contributed by atoms with Crippen LogP contribution in [-0.4, -0.2) is 55.2 Å². The van der Waals surface area contributed by atoms with Crippen LogP contribution >= 0.6 is 0 Å². The number of nitrogens with zero attached hydrogens (tertiary/aromatic N) is 2. The predicted octanol–water partition coefficient (Wildman–Crippen LogP) is 5.10. The molecule has 0 aliphatic carbocycles. The second-order valence-electron chi connectivity index (χ2n) is 9.07. The third-order valence-corrected chi connectivity index (χ3v) is 6.76. The molecule has 1 amide bonds. The number of morpholine rings is 1. The third-order valence-electron chi connectivity index (χ3n) is 6.76. The van der Waals surface area contributed by atoms with Gasteiger partial charge >= 0.3 is 0 Å². The molecule has 1 aliphatic rings. The van der Waals surface area contributed by atoms with Gasteiger partial charge in [-0.25, -0.2) is 4.98 Å². The first-order valence-corrected chi connectivity index (χ1v) is 12.4. The van der Waals surface area contributed by atoms with E-state index in [1.54, 1.807) is 7.11 Å². The number of fused-ring (bicyclic) bond motifs is 1. The fourth-order valence-electron chi connectivity index (χ4n) is 4.96. The van der Waals surface area contributed by atoms with E-state index < -0.39 is 0 Å². The lowest BCUT2D eigenvalue weighted by Gasteiger charge is -2.38. The highest BCUT2D eigenvalue weighted by atomic mass is 16.5. The third kappa shape index (κ3) is 5.10. The minimum atomic E-state index is -0.116. The number of rotatable bonds is 7. The van der Waals surface area contributed by atoms with Crippen LogP contribution in [0.15, 0.2) is 84.9 Å². The molecule has 4 aromatic rings. The van der Waals surface area contributed by atoms with Crippen LogP contribution in [0.4, 0.5) is 0 Å². The number of pyridine rings is 1. The first-order chi connectivity index (χ1) is 17.6. The molecule has 2 heterocycles. The summed E-state index contributed by atoms with van der Waals surface area (Å²) in [6, 6.07) is 27.7. The Bertz CT molecular complexity index is 1320. The van der Waals surface area contributed by atoms with Crippen molar-refractivity contribution in [3.8, 4) is 17.0 Å². The van der Waals surface area contributed by atoms with E-state index in [0.29, 0.717) is 18.8 Å². The SMILES string of the molecule is COc1ccc(-c2cc(C(=O)N[C@H](C)[C@@H](c3ccccc3)N3CCOCC3)c3ccccc3n2)cc1. The van der Waals surface area contributed by atoms with Crippen molar-refractivity contribution in [1.29, 1.82) is 0 Å². The van der Waals surface area contributed by atoms with Crippen LogP contribution in [0.3, 0.4) is 0 Å². The Kier molecular flexibility index (Phi) is 7.26. The van der Waals surface area contributed by atoms with Gasteiger partial charge in [0.2, 0.25) is 0 Å². The Morgan fingerprint density at radius 3 is 2.39 bits per heavy atom. The summed E-state index contributed by atoms with van der Waals surface area (Å²) in [6.45, 7) is 5.15. The smallest absolute Gasteiger partial charge is 0.252 e. The van der Waals surface area contributed by atoms with Crippen LogP contribution < -0.4 is 10.1 Å². The molecule has 0 saturated carbocycles. The normalized spacial score (nSPS) is 15.8. The fraction of sp³-hybridized carbons (Fsp3) is 0.267. The van der Waals surface area contributed by atoms with E-state index in [4.69, 9.17) is 14.5 Å². The van der Waals surface area contributed by atoms with Crippen LogP contribution in [0.25, 0.3) is 22.2 Å².